The van der Waals surface area contributed by atoms with Gasteiger partial charge in [-0.1, -0.05) is 12.1 Å². The summed E-state index contributed by atoms with van der Waals surface area (Å²) in [6.07, 6.45) is 0. The number of hydrogen-bond acceptors (Lipinski definition) is 6. The monoisotopic (exact) mass is 240 g/mol. The van der Waals surface area contributed by atoms with Crippen LogP contribution in [0, 0.1) is 30.4 Å². The molecule has 18 heavy (non-hydrogen) atoms. The Bertz CT molecular complexity index is 660. The van der Waals surface area contributed by atoms with Gasteiger partial charge in [-0.05, 0) is 31.0 Å². The van der Waals surface area contributed by atoms with Crippen molar-refractivity contribution in [1.82, 2.24) is 0 Å². The fourth-order valence-corrected chi connectivity index (χ4v) is 2.08. The highest BCUT2D eigenvalue weighted by molar-refractivity contribution is 6.08. The van der Waals surface area contributed by atoms with Gasteiger partial charge < -0.3 is 0 Å². The first-order chi connectivity index (χ1) is 8.63. The lowest BCUT2D eigenvalue weighted by molar-refractivity contribution is 1.12. The highest BCUT2D eigenvalue weighted by atomic mass is 15.0. The van der Waals surface area contributed by atoms with Crippen LogP contribution in [0.1, 0.15) is 11.1 Å². The molecule has 0 heterocycles. The van der Waals surface area contributed by atoms with Gasteiger partial charge in [0.25, 0.3) is 0 Å². The molecule has 0 amide bonds. The third kappa shape index (κ3) is 1.58. The molecule has 6 heteroatoms. The van der Waals surface area contributed by atoms with Crippen molar-refractivity contribution in [3.8, 4) is 0 Å². The van der Waals surface area contributed by atoms with Crippen LogP contribution >= 0.6 is 0 Å². The zero-order valence-electron chi connectivity index (χ0n) is 10.1. The quantitative estimate of drug-likeness (QED) is 0.593. The van der Waals surface area contributed by atoms with Crippen LogP contribution in [0.4, 0.5) is 17.1 Å². The molecule has 0 atom stereocenters. The summed E-state index contributed by atoms with van der Waals surface area (Å²) in [4.78, 5) is 0. The predicted molar refractivity (Wildman–Crippen MR) is 67.8 cm³/mol. The first kappa shape index (κ1) is 12.0. The summed E-state index contributed by atoms with van der Waals surface area (Å²) in [5.74, 6) is 0. The van der Waals surface area contributed by atoms with Crippen LogP contribution in [-0.2, 0) is 0 Å². The summed E-state index contributed by atoms with van der Waals surface area (Å²) in [5.41, 5.74) is 24.8. The fraction of sp³-hybridized carbons (Fsp3) is 0.167. The number of rotatable bonds is 3. The number of fused-ring (bicyclic) bond motifs is 1. The molecule has 0 aliphatic carbocycles. The largest absolute Gasteiger partial charge is 0.204 e. The van der Waals surface area contributed by atoms with Gasteiger partial charge >= 0.3 is 0 Å². The van der Waals surface area contributed by atoms with E-state index in [4.69, 9.17) is 16.6 Å². The molecule has 0 aliphatic rings. The normalized spacial score (nSPS) is 10.3. The third-order valence-corrected chi connectivity index (χ3v) is 2.96. The van der Waals surface area contributed by atoms with Crippen LogP contribution in [0.15, 0.2) is 33.5 Å². The standard InChI is InChI=1S/C12H12N6/c1-6-3-4-8-9(16-13)5-7(2)12(18-15)10(8)11(6)17-14/h3-5,13-15H,1-2H3. The molecule has 0 radical (unpaired) electrons. The second kappa shape index (κ2) is 4.40. The average Bonchev–Trinajstić information content (AvgIpc) is 2.37. The maximum Gasteiger partial charge on any atom is 0.0981 e. The predicted octanol–water partition coefficient (Wildman–Crippen LogP) is 5.44. The Morgan fingerprint density at radius 1 is 0.833 bits per heavy atom. The maximum atomic E-state index is 7.28. The van der Waals surface area contributed by atoms with Gasteiger partial charge in [0.15, 0.2) is 0 Å². The molecule has 0 bridgehead atoms. The molecule has 0 spiro atoms. The number of nitrogens with zero attached hydrogens (tertiary/aromatic N) is 3. The van der Waals surface area contributed by atoms with E-state index < -0.39 is 0 Å². The Morgan fingerprint density at radius 3 is 2.00 bits per heavy atom. The van der Waals surface area contributed by atoms with Crippen LogP contribution in [-0.4, -0.2) is 0 Å². The summed E-state index contributed by atoms with van der Waals surface area (Å²) in [5, 5.41) is 11.8. The lowest BCUT2D eigenvalue weighted by Gasteiger charge is -2.10. The molecule has 0 saturated heterocycles. The smallest absolute Gasteiger partial charge is 0.0981 e. The second-order valence-corrected chi connectivity index (χ2v) is 4.05. The van der Waals surface area contributed by atoms with E-state index in [-0.39, 0.29) is 0 Å². The van der Waals surface area contributed by atoms with E-state index in [1.807, 2.05) is 19.1 Å². The Kier molecular flexibility index (Phi) is 2.93. The van der Waals surface area contributed by atoms with Gasteiger partial charge in [0, 0.05) is 10.8 Å². The van der Waals surface area contributed by atoms with Gasteiger partial charge in [0.1, 0.15) is 0 Å². The van der Waals surface area contributed by atoms with Crippen molar-refractivity contribution in [2.45, 2.75) is 13.8 Å². The second-order valence-electron chi connectivity index (χ2n) is 4.05. The first-order valence-electron chi connectivity index (χ1n) is 5.33. The summed E-state index contributed by atoms with van der Waals surface area (Å²) in [6, 6.07) is 5.36. The van der Waals surface area contributed by atoms with E-state index in [9.17, 15) is 0 Å². The van der Waals surface area contributed by atoms with Crippen molar-refractivity contribution in [2.75, 3.05) is 0 Å². The van der Waals surface area contributed by atoms with Crippen molar-refractivity contribution in [2.24, 2.45) is 15.3 Å². The minimum absolute atomic E-state index is 0.479. The molecular formula is C12H12N6. The molecule has 2 aromatic rings. The van der Waals surface area contributed by atoms with Gasteiger partial charge in [0.2, 0.25) is 0 Å². The zero-order chi connectivity index (χ0) is 13.3. The van der Waals surface area contributed by atoms with Gasteiger partial charge in [-0.15, -0.1) is 0 Å². The SMILES string of the molecule is Cc1ccc2c(N=N)cc(C)c(N=N)c2c1N=N. The Labute approximate surface area is 104 Å². The molecular weight excluding hydrogens is 228 g/mol. The molecule has 0 aromatic heterocycles. The Hall–Kier alpha value is -2.50. The zero-order valence-corrected chi connectivity index (χ0v) is 10.1. The van der Waals surface area contributed by atoms with E-state index in [0.29, 0.717) is 27.8 Å². The summed E-state index contributed by atoms with van der Waals surface area (Å²) < 4.78 is 0. The van der Waals surface area contributed by atoms with E-state index in [1.165, 1.54) is 0 Å². The van der Waals surface area contributed by atoms with E-state index in [1.54, 1.807) is 13.0 Å². The molecule has 2 aromatic carbocycles. The first-order valence-corrected chi connectivity index (χ1v) is 5.33. The van der Waals surface area contributed by atoms with Crippen LogP contribution in [0.2, 0.25) is 0 Å². The highest BCUT2D eigenvalue weighted by Gasteiger charge is 2.14. The molecule has 0 aliphatic heterocycles. The van der Waals surface area contributed by atoms with Gasteiger partial charge in [0.05, 0.1) is 17.1 Å². The molecule has 0 saturated carbocycles. The average molecular weight is 240 g/mol. The molecule has 0 fully saturated rings. The summed E-state index contributed by atoms with van der Waals surface area (Å²) >= 11 is 0. The lowest BCUT2D eigenvalue weighted by Crippen LogP contribution is -1.84. The Morgan fingerprint density at radius 2 is 1.44 bits per heavy atom. The number of benzene rings is 2. The molecule has 0 unspecified atom stereocenters. The van der Waals surface area contributed by atoms with E-state index in [0.717, 1.165) is 11.1 Å². The summed E-state index contributed by atoms with van der Waals surface area (Å²) in [6.45, 7) is 3.65. The van der Waals surface area contributed by atoms with Crippen LogP contribution in [0.3, 0.4) is 0 Å². The van der Waals surface area contributed by atoms with Crippen molar-refractivity contribution in [1.29, 1.82) is 16.6 Å². The minimum atomic E-state index is 0.479. The number of aryl methyl sites for hydroxylation is 2. The molecule has 6 nitrogen and oxygen atoms in total. The third-order valence-electron chi connectivity index (χ3n) is 2.96. The van der Waals surface area contributed by atoms with Crippen LogP contribution < -0.4 is 0 Å². The summed E-state index contributed by atoms with van der Waals surface area (Å²) in [7, 11) is 0. The van der Waals surface area contributed by atoms with Crippen molar-refractivity contribution >= 4 is 27.8 Å². The number of hydrogen-bond donors (Lipinski definition) is 3. The molecule has 90 valence electrons. The maximum absolute atomic E-state index is 7.28. The van der Waals surface area contributed by atoms with Crippen molar-refractivity contribution in [3.63, 3.8) is 0 Å². The van der Waals surface area contributed by atoms with Crippen LogP contribution in [0.5, 0.6) is 0 Å². The van der Waals surface area contributed by atoms with Crippen molar-refractivity contribution in [3.05, 3.63) is 29.3 Å². The van der Waals surface area contributed by atoms with Crippen LogP contribution in [0.25, 0.3) is 10.8 Å². The van der Waals surface area contributed by atoms with Gasteiger partial charge in [-0.25, -0.2) is 16.6 Å². The van der Waals surface area contributed by atoms with Gasteiger partial charge in [-0.2, -0.15) is 15.3 Å². The fourth-order valence-electron chi connectivity index (χ4n) is 2.08. The topological polar surface area (TPSA) is 109 Å². The minimum Gasteiger partial charge on any atom is -0.204 e. The Balaban J connectivity index is 3.12. The number of nitrogens with one attached hydrogen (secondary N) is 3. The van der Waals surface area contributed by atoms with Gasteiger partial charge in [-0.3, -0.25) is 0 Å². The van der Waals surface area contributed by atoms with Crippen molar-refractivity contribution < 1.29 is 0 Å². The van der Waals surface area contributed by atoms with E-state index >= 15 is 0 Å². The highest BCUT2D eigenvalue weighted by Crippen LogP contribution is 2.43. The molecule has 3 N–H and O–H groups in total. The molecule has 2 rings (SSSR count). The van der Waals surface area contributed by atoms with E-state index in [2.05, 4.69) is 15.3 Å². The lowest BCUT2D eigenvalue weighted by atomic mass is 9.99.